The van der Waals surface area contributed by atoms with Gasteiger partial charge in [-0.1, -0.05) is 57.5 Å². The van der Waals surface area contributed by atoms with Crippen molar-refractivity contribution in [2.24, 2.45) is 0 Å². The molecule has 0 saturated carbocycles. The topological polar surface area (TPSA) is 59.9 Å². The van der Waals surface area contributed by atoms with Crippen LogP contribution in [-0.4, -0.2) is 21.5 Å². The monoisotopic (exact) mass is 350 g/mol. The predicted molar refractivity (Wildman–Crippen MR) is 102 cm³/mol. The summed E-state index contributed by atoms with van der Waals surface area (Å²) in [6, 6.07) is 7.27. The second-order valence-electron chi connectivity index (χ2n) is 8.61. The summed E-state index contributed by atoms with van der Waals surface area (Å²) in [5.41, 5.74) is 3.62. The Kier molecular flexibility index (Phi) is 4.55. The van der Waals surface area contributed by atoms with Crippen LogP contribution in [0.4, 0.5) is 0 Å². The summed E-state index contributed by atoms with van der Waals surface area (Å²) in [7, 11) is 0. The smallest absolute Gasteiger partial charge is 0.190 e. The van der Waals surface area contributed by atoms with Crippen LogP contribution in [0.1, 0.15) is 84.8 Å². The average Bonchev–Trinajstić information content (AvgIpc) is 2.59. The molecular formula is C22H26N2O2. The van der Waals surface area contributed by atoms with Crippen LogP contribution in [-0.2, 0) is 10.8 Å². The van der Waals surface area contributed by atoms with Gasteiger partial charge in [-0.15, -0.1) is 0 Å². The molecule has 0 unspecified atom stereocenters. The third kappa shape index (κ3) is 3.46. The summed E-state index contributed by atoms with van der Waals surface area (Å²) in [4.78, 5) is 34.3. The third-order valence-corrected chi connectivity index (χ3v) is 5.41. The molecule has 1 aliphatic rings. The lowest BCUT2D eigenvalue weighted by Gasteiger charge is -2.39. The van der Waals surface area contributed by atoms with Crippen molar-refractivity contribution in [1.29, 1.82) is 0 Å². The lowest BCUT2D eigenvalue weighted by atomic mass is 9.67. The molecule has 1 aliphatic carbocycles. The molecule has 0 aliphatic heterocycles. The predicted octanol–water partition coefficient (Wildman–Crippen LogP) is 4.59. The number of ketones is 2. The van der Waals surface area contributed by atoms with Gasteiger partial charge in [-0.25, -0.2) is 4.98 Å². The lowest BCUT2D eigenvalue weighted by Crippen LogP contribution is -2.36. The number of rotatable bonds is 4. The normalized spacial score (nSPS) is 17.4. The number of fused-ring (bicyclic) bond motifs is 1. The molecular weight excluding hydrogens is 324 g/mol. The maximum atomic E-state index is 12.6. The van der Waals surface area contributed by atoms with Crippen molar-refractivity contribution in [3.05, 3.63) is 58.7 Å². The second kappa shape index (κ2) is 6.42. The zero-order valence-electron chi connectivity index (χ0n) is 16.2. The van der Waals surface area contributed by atoms with Gasteiger partial charge in [-0.3, -0.25) is 14.6 Å². The van der Waals surface area contributed by atoms with Gasteiger partial charge in [0.05, 0.1) is 24.0 Å². The largest absolute Gasteiger partial charge is 0.294 e. The van der Waals surface area contributed by atoms with Crippen LogP contribution < -0.4 is 0 Å². The van der Waals surface area contributed by atoms with Crippen molar-refractivity contribution in [1.82, 2.24) is 9.97 Å². The van der Waals surface area contributed by atoms with E-state index >= 15 is 0 Å². The molecule has 0 N–H and O–H groups in total. The molecule has 1 heterocycles. The molecule has 0 radical (unpaired) electrons. The molecule has 1 aromatic carbocycles. The molecule has 136 valence electrons. The molecule has 3 rings (SSSR count). The van der Waals surface area contributed by atoms with Crippen molar-refractivity contribution in [3.8, 4) is 0 Å². The van der Waals surface area contributed by atoms with Crippen LogP contribution in [0.5, 0.6) is 0 Å². The van der Waals surface area contributed by atoms with E-state index in [2.05, 4.69) is 37.7 Å². The fraction of sp³-hybridized carbons (Fsp3) is 0.455. The summed E-state index contributed by atoms with van der Waals surface area (Å²) in [6.07, 6.45) is 3.40. The summed E-state index contributed by atoms with van der Waals surface area (Å²) in [6.45, 7) is 10.6. The van der Waals surface area contributed by atoms with Crippen molar-refractivity contribution >= 4 is 11.6 Å². The van der Waals surface area contributed by atoms with Gasteiger partial charge in [0, 0.05) is 16.4 Å². The van der Waals surface area contributed by atoms with E-state index in [1.165, 1.54) is 6.20 Å². The van der Waals surface area contributed by atoms with E-state index in [4.69, 9.17) is 0 Å². The van der Waals surface area contributed by atoms with E-state index in [-0.39, 0.29) is 34.5 Å². The summed E-state index contributed by atoms with van der Waals surface area (Å²) in [5, 5.41) is 0. The van der Waals surface area contributed by atoms with Crippen LogP contribution in [0.2, 0.25) is 0 Å². The average molecular weight is 350 g/mol. The number of benzene rings is 1. The molecule has 1 aromatic heterocycles. The second-order valence-corrected chi connectivity index (χ2v) is 8.61. The quantitative estimate of drug-likeness (QED) is 0.598. The first-order valence-corrected chi connectivity index (χ1v) is 9.11. The van der Waals surface area contributed by atoms with Gasteiger partial charge in [0.1, 0.15) is 5.69 Å². The Morgan fingerprint density at radius 2 is 1.50 bits per heavy atom. The van der Waals surface area contributed by atoms with Crippen LogP contribution in [0.25, 0.3) is 0 Å². The highest BCUT2D eigenvalue weighted by molar-refractivity contribution is 6.12. The van der Waals surface area contributed by atoms with Gasteiger partial charge in [0.25, 0.3) is 0 Å². The maximum absolute atomic E-state index is 12.6. The van der Waals surface area contributed by atoms with Gasteiger partial charge in [0.2, 0.25) is 0 Å². The van der Waals surface area contributed by atoms with Crippen LogP contribution in [0.15, 0.2) is 30.5 Å². The highest BCUT2D eigenvalue weighted by atomic mass is 16.1. The molecule has 4 heteroatoms. The first kappa shape index (κ1) is 18.4. The first-order chi connectivity index (χ1) is 12.1. The van der Waals surface area contributed by atoms with E-state index in [1.807, 2.05) is 19.1 Å². The number of aromatic nitrogens is 2. The van der Waals surface area contributed by atoms with E-state index in [0.29, 0.717) is 5.56 Å². The van der Waals surface area contributed by atoms with E-state index in [0.717, 1.165) is 29.8 Å². The number of aryl methyl sites for hydroxylation is 1. The van der Waals surface area contributed by atoms with Crippen LogP contribution in [0.3, 0.4) is 0 Å². The fourth-order valence-corrected chi connectivity index (χ4v) is 3.43. The Hall–Kier alpha value is -2.36. The number of hydrogen-bond donors (Lipinski definition) is 0. The Morgan fingerprint density at radius 3 is 2.12 bits per heavy atom. The molecule has 0 fully saturated rings. The van der Waals surface area contributed by atoms with Crippen molar-refractivity contribution in [3.63, 3.8) is 0 Å². The molecule has 2 aromatic rings. The molecule has 26 heavy (non-hydrogen) atoms. The number of carbonyl (C=O) groups excluding carboxylic acids is 2. The molecule has 0 spiro atoms. The number of carbonyl (C=O) groups is 2. The van der Waals surface area contributed by atoms with E-state index in [1.54, 1.807) is 12.1 Å². The van der Waals surface area contributed by atoms with Gasteiger partial charge in [-0.05, 0) is 19.8 Å². The summed E-state index contributed by atoms with van der Waals surface area (Å²) >= 11 is 0. The fourth-order valence-electron chi connectivity index (χ4n) is 3.43. The highest BCUT2D eigenvalue weighted by Crippen LogP contribution is 2.43. The van der Waals surface area contributed by atoms with Gasteiger partial charge < -0.3 is 0 Å². The minimum atomic E-state index is -0.273. The lowest BCUT2D eigenvalue weighted by molar-refractivity contribution is 0.0890. The van der Waals surface area contributed by atoms with E-state index in [9.17, 15) is 9.59 Å². The standard InChI is InChI=1S/C22H26N2O2/c1-14-6-8-15(9-7-14)17(25)12-18(26)16-13-23-19-20(24-16)22(4,5)11-10-21(19,2)3/h6-9,13H,10-12H2,1-5H3. The van der Waals surface area contributed by atoms with Crippen LogP contribution >= 0.6 is 0 Å². The molecule has 0 saturated heterocycles. The van der Waals surface area contributed by atoms with Crippen molar-refractivity contribution in [2.45, 2.75) is 64.7 Å². The van der Waals surface area contributed by atoms with E-state index < -0.39 is 0 Å². The Bertz CT molecular complexity index is 864. The van der Waals surface area contributed by atoms with Gasteiger partial charge in [0.15, 0.2) is 11.6 Å². The number of hydrogen-bond acceptors (Lipinski definition) is 4. The summed E-state index contributed by atoms with van der Waals surface area (Å²) in [5.74, 6) is -0.459. The summed E-state index contributed by atoms with van der Waals surface area (Å²) < 4.78 is 0. The van der Waals surface area contributed by atoms with Crippen LogP contribution in [0, 0.1) is 6.92 Å². The highest BCUT2D eigenvalue weighted by Gasteiger charge is 2.40. The number of nitrogens with zero attached hydrogens (tertiary/aromatic N) is 2. The minimum Gasteiger partial charge on any atom is -0.294 e. The maximum Gasteiger partial charge on any atom is 0.190 e. The zero-order chi connectivity index (χ0) is 19.1. The van der Waals surface area contributed by atoms with Gasteiger partial charge >= 0.3 is 0 Å². The van der Waals surface area contributed by atoms with Crippen molar-refractivity contribution in [2.75, 3.05) is 0 Å². The van der Waals surface area contributed by atoms with Gasteiger partial charge in [-0.2, -0.15) is 0 Å². The molecule has 0 atom stereocenters. The Labute approximate surface area is 155 Å². The number of Topliss-reactive ketones (excluding diaryl/α,β-unsaturated/α-hetero) is 2. The van der Waals surface area contributed by atoms with Crippen molar-refractivity contribution < 1.29 is 9.59 Å². The Balaban J connectivity index is 1.87. The molecule has 0 amide bonds. The third-order valence-electron chi connectivity index (χ3n) is 5.41. The Morgan fingerprint density at radius 1 is 0.923 bits per heavy atom. The minimum absolute atomic E-state index is 0.0445. The SMILES string of the molecule is Cc1ccc(C(=O)CC(=O)c2cnc3c(n2)C(C)(C)CCC3(C)C)cc1. The first-order valence-electron chi connectivity index (χ1n) is 9.11. The molecule has 0 bridgehead atoms. The molecule has 4 nitrogen and oxygen atoms in total. The zero-order valence-corrected chi connectivity index (χ0v) is 16.2.